The second-order valence-corrected chi connectivity index (χ2v) is 7.62. The molecule has 0 saturated carbocycles. The van der Waals surface area contributed by atoms with E-state index in [4.69, 9.17) is 4.74 Å². The third-order valence-electron chi connectivity index (χ3n) is 3.68. The molecule has 0 aliphatic heterocycles. The van der Waals surface area contributed by atoms with Crippen molar-refractivity contribution < 1.29 is 17.9 Å². The zero-order chi connectivity index (χ0) is 18.4. The number of sulfonamides is 1. The molecule has 0 spiro atoms. The molecule has 0 heterocycles. The van der Waals surface area contributed by atoms with E-state index in [-0.39, 0.29) is 11.7 Å². The largest absolute Gasteiger partial charge is 0.494 e. The summed E-state index contributed by atoms with van der Waals surface area (Å²) in [6.45, 7) is 4.03. The Morgan fingerprint density at radius 2 is 1.80 bits per heavy atom. The predicted octanol–water partition coefficient (Wildman–Crippen LogP) is 3.12. The standard InChI is InChI=1S/C18H22N2O4S/c1-4-24-17-8-6-7-15(13-17)19-18(21)14-9-11-16(12-10-14)20(3)25(22,23)5-2/h6-13H,4-5H2,1-3H3,(H,19,21). The zero-order valence-electron chi connectivity index (χ0n) is 14.5. The van der Waals surface area contributed by atoms with Crippen molar-refractivity contribution in [1.82, 2.24) is 0 Å². The SMILES string of the molecule is CCOc1cccc(NC(=O)c2ccc(N(C)S(=O)(=O)CC)cc2)c1. The number of ether oxygens (including phenoxy) is 1. The van der Waals surface area contributed by atoms with Crippen LogP contribution < -0.4 is 14.4 Å². The van der Waals surface area contributed by atoms with E-state index in [9.17, 15) is 13.2 Å². The van der Waals surface area contributed by atoms with Gasteiger partial charge in [0.25, 0.3) is 5.91 Å². The predicted molar refractivity (Wildman–Crippen MR) is 99.9 cm³/mol. The van der Waals surface area contributed by atoms with Gasteiger partial charge in [-0.05, 0) is 50.2 Å². The number of carbonyl (C=O) groups excluding carboxylic acids is 1. The lowest BCUT2D eigenvalue weighted by Crippen LogP contribution is -2.28. The second kappa shape index (κ2) is 8.02. The van der Waals surface area contributed by atoms with Crippen molar-refractivity contribution >= 4 is 27.3 Å². The number of hydrogen-bond acceptors (Lipinski definition) is 4. The zero-order valence-corrected chi connectivity index (χ0v) is 15.3. The molecule has 0 aliphatic carbocycles. The van der Waals surface area contributed by atoms with Gasteiger partial charge in [-0.3, -0.25) is 9.10 Å². The van der Waals surface area contributed by atoms with E-state index < -0.39 is 10.0 Å². The summed E-state index contributed by atoms with van der Waals surface area (Å²) in [6.07, 6.45) is 0. The number of rotatable bonds is 7. The number of anilines is 2. The maximum Gasteiger partial charge on any atom is 0.255 e. The fourth-order valence-electron chi connectivity index (χ4n) is 2.21. The van der Waals surface area contributed by atoms with E-state index in [1.165, 1.54) is 11.4 Å². The van der Waals surface area contributed by atoms with Crippen LogP contribution >= 0.6 is 0 Å². The van der Waals surface area contributed by atoms with E-state index in [2.05, 4.69) is 5.32 Å². The molecule has 0 aromatic heterocycles. The molecule has 134 valence electrons. The summed E-state index contributed by atoms with van der Waals surface area (Å²) in [4.78, 5) is 12.3. The molecular formula is C18H22N2O4S. The maximum atomic E-state index is 12.3. The van der Waals surface area contributed by atoms with Gasteiger partial charge in [0.1, 0.15) is 5.75 Å². The molecule has 1 N–H and O–H groups in total. The first-order chi connectivity index (χ1) is 11.9. The Labute approximate surface area is 148 Å². The maximum absolute atomic E-state index is 12.3. The van der Waals surface area contributed by atoms with Crippen molar-refractivity contribution in [3.8, 4) is 5.75 Å². The first kappa shape index (κ1) is 18.8. The molecule has 6 nitrogen and oxygen atoms in total. The van der Waals surface area contributed by atoms with Crippen LogP contribution in [-0.4, -0.2) is 33.7 Å². The van der Waals surface area contributed by atoms with Gasteiger partial charge in [-0.2, -0.15) is 0 Å². The Kier molecular flexibility index (Phi) is 6.03. The molecule has 0 unspecified atom stereocenters. The van der Waals surface area contributed by atoms with Crippen molar-refractivity contribution in [1.29, 1.82) is 0 Å². The Hall–Kier alpha value is -2.54. The fourth-order valence-corrected chi connectivity index (χ4v) is 3.04. The Balaban J connectivity index is 2.12. The minimum atomic E-state index is -3.32. The number of benzene rings is 2. The van der Waals surface area contributed by atoms with Gasteiger partial charge >= 0.3 is 0 Å². The van der Waals surface area contributed by atoms with Crippen LogP contribution in [-0.2, 0) is 10.0 Å². The monoisotopic (exact) mass is 362 g/mol. The first-order valence-corrected chi connectivity index (χ1v) is 9.59. The molecule has 2 aromatic rings. The van der Waals surface area contributed by atoms with Crippen LogP contribution in [0.3, 0.4) is 0 Å². The average molecular weight is 362 g/mol. The second-order valence-electron chi connectivity index (χ2n) is 5.33. The van der Waals surface area contributed by atoms with Gasteiger partial charge in [0.05, 0.1) is 18.0 Å². The van der Waals surface area contributed by atoms with E-state index in [1.807, 2.05) is 13.0 Å². The van der Waals surface area contributed by atoms with Gasteiger partial charge in [-0.15, -0.1) is 0 Å². The minimum Gasteiger partial charge on any atom is -0.494 e. The first-order valence-electron chi connectivity index (χ1n) is 7.98. The summed E-state index contributed by atoms with van der Waals surface area (Å²) in [5, 5.41) is 2.80. The van der Waals surface area contributed by atoms with E-state index >= 15 is 0 Å². The molecule has 0 fully saturated rings. The molecule has 0 radical (unpaired) electrons. The highest BCUT2D eigenvalue weighted by Gasteiger charge is 2.16. The Bertz CT molecular complexity index is 832. The number of amides is 1. The number of nitrogens with one attached hydrogen (secondary N) is 1. The van der Waals surface area contributed by atoms with Crippen LogP contribution in [0.15, 0.2) is 48.5 Å². The number of nitrogens with zero attached hydrogens (tertiary/aromatic N) is 1. The summed E-state index contributed by atoms with van der Waals surface area (Å²) in [6, 6.07) is 13.6. The van der Waals surface area contributed by atoms with Crippen molar-refractivity contribution in [2.24, 2.45) is 0 Å². The lowest BCUT2D eigenvalue weighted by Gasteiger charge is -2.18. The number of hydrogen-bond donors (Lipinski definition) is 1. The average Bonchev–Trinajstić information content (AvgIpc) is 2.61. The Morgan fingerprint density at radius 3 is 2.40 bits per heavy atom. The van der Waals surface area contributed by atoms with Gasteiger partial charge in [0.2, 0.25) is 10.0 Å². The highest BCUT2D eigenvalue weighted by Crippen LogP contribution is 2.20. The molecular weight excluding hydrogens is 340 g/mol. The lowest BCUT2D eigenvalue weighted by atomic mass is 10.2. The lowest BCUT2D eigenvalue weighted by molar-refractivity contribution is 0.102. The van der Waals surface area contributed by atoms with E-state index in [1.54, 1.807) is 49.4 Å². The summed E-state index contributed by atoms with van der Waals surface area (Å²) in [7, 11) is -1.83. The summed E-state index contributed by atoms with van der Waals surface area (Å²) in [5.74, 6) is 0.422. The summed E-state index contributed by atoms with van der Waals surface area (Å²) >= 11 is 0. The van der Waals surface area contributed by atoms with Crippen molar-refractivity contribution in [2.75, 3.05) is 29.0 Å². The topological polar surface area (TPSA) is 75.7 Å². The van der Waals surface area contributed by atoms with E-state index in [0.29, 0.717) is 29.3 Å². The molecule has 7 heteroatoms. The van der Waals surface area contributed by atoms with Gasteiger partial charge in [0.15, 0.2) is 0 Å². The molecule has 0 aliphatic rings. The van der Waals surface area contributed by atoms with Crippen LogP contribution in [0.5, 0.6) is 5.75 Å². The molecule has 0 atom stereocenters. The van der Waals surface area contributed by atoms with Crippen LogP contribution in [0.2, 0.25) is 0 Å². The Morgan fingerprint density at radius 1 is 1.12 bits per heavy atom. The van der Waals surface area contributed by atoms with Gasteiger partial charge in [-0.1, -0.05) is 6.07 Å². The van der Waals surface area contributed by atoms with Gasteiger partial charge in [-0.25, -0.2) is 8.42 Å². The van der Waals surface area contributed by atoms with Crippen LogP contribution in [0, 0.1) is 0 Å². The van der Waals surface area contributed by atoms with Crippen LogP contribution in [0.25, 0.3) is 0 Å². The van der Waals surface area contributed by atoms with E-state index in [0.717, 1.165) is 0 Å². The third kappa shape index (κ3) is 4.73. The molecule has 2 rings (SSSR count). The van der Waals surface area contributed by atoms with Crippen molar-refractivity contribution in [3.05, 3.63) is 54.1 Å². The minimum absolute atomic E-state index is 0.0158. The van der Waals surface area contributed by atoms with Gasteiger partial charge in [0, 0.05) is 24.4 Å². The smallest absolute Gasteiger partial charge is 0.255 e. The van der Waals surface area contributed by atoms with Crippen molar-refractivity contribution in [2.45, 2.75) is 13.8 Å². The summed E-state index contributed by atoms with van der Waals surface area (Å²) < 4.78 is 30.4. The molecule has 25 heavy (non-hydrogen) atoms. The van der Waals surface area contributed by atoms with Crippen LogP contribution in [0.1, 0.15) is 24.2 Å². The quantitative estimate of drug-likeness (QED) is 0.821. The number of carbonyl (C=O) groups is 1. The molecule has 0 saturated heterocycles. The fraction of sp³-hybridized carbons (Fsp3) is 0.278. The van der Waals surface area contributed by atoms with Gasteiger partial charge < -0.3 is 10.1 Å². The molecule has 0 bridgehead atoms. The highest BCUT2D eigenvalue weighted by molar-refractivity contribution is 7.92. The molecule has 2 aromatic carbocycles. The third-order valence-corrected chi connectivity index (χ3v) is 5.45. The summed E-state index contributed by atoms with van der Waals surface area (Å²) in [5.41, 5.74) is 1.58. The molecule has 1 amide bonds. The normalized spacial score (nSPS) is 11.0. The highest BCUT2D eigenvalue weighted by atomic mass is 32.2. The van der Waals surface area contributed by atoms with Crippen molar-refractivity contribution in [3.63, 3.8) is 0 Å². The van der Waals surface area contributed by atoms with Crippen LogP contribution in [0.4, 0.5) is 11.4 Å².